The van der Waals surface area contributed by atoms with Crippen LogP contribution in [0.4, 0.5) is 0 Å². The Kier molecular flexibility index (Phi) is 5.35. The van der Waals surface area contributed by atoms with Crippen LogP contribution in [-0.4, -0.2) is 6.00 Å². The summed E-state index contributed by atoms with van der Waals surface area (Å²) < 4.78 is 0. The fourth-order valence-electron chi connectivity index (χ4n) is 1.49. The highest BCUT2D eigenvalue weighted by atomic mass is 35.8. The van der Waals surface area contributed by atoms with Crippen LogP contribution in [0.25, 0.3) is 0 Å². The molecule has 0 amide bonds. The lowest BCUT2D eigenvalue weighted by molar-refractivity contribution is -0.321. The van der Waals surface area contributed by atoms with E-state index in [1.807, 2.05) is 37.3 Å². The largest absolute Gasteiger partial charge is 0.345 e. The average molecular weight is 312 g/mol. The molecule has 0 heterocycles. The van der Waals surface area contributed by atoms with Gasteiger partial charge in [0, 0.05) is 6.04 Å². The molecule has 0 N–H and O–H groups in total. The van der Waals surface area contributed by atoms with E-state index in [0.29, 0.717) is 6.04 Å². The molecule has 6 heteroatoms. The van der Waals surface area contributed by atoms with E-state index in [0.717, 1.165) is 5.56 Å². The maximum Gasteiger partial charge on any atom is 0.344 e. The van der Waals surface area contributed by atoms with Crippen molar-refractivity contribution in [2.75, 3.05) is 0 Å². The van der Waals surface area contributed by atoms with Crippen LogP contribution in [0.3, 0.4) is 0 Å². The molecule has 0 aliphatic rings. The molecule has 1 aromatic carbocycles. The molecule has 0 saturated heterocycles. The second kappa shape index (κ2) is 6.11. The van der Waals surface area contributed by atoms with Gasteiger partial charge in [0.15, 0.2) is 0 Å². The van der Waals surface area contributed by atoms with Gasteiger partial charge in [-0.25, -0.2) is 0 Å². The molecule has 17 heavy (non-hydrogen) atoms. The first kappa shape index (κ1) is 14.9. The van der Waals surface area contributed by atoms with E-state index in [-0.39, 0.29) is 0 Å². The Hall–Kier alpha value is -0.193. The molecule has 0 bridgehead atoms. The van der Waals surface area contributed by atoms with Crippen molar-refractivity contribution in [1.29, 1.82) is 0 Å². The molecule has 0 aromatic heterocycles. The van der Waals surface area contributed by atoms with Crippen molar-refractivity contribution in [2.45, 2.75) is 18.6 Å². The first-order valence-corrected chi connectivity index (χ1v) is 10.2. The van der Waals surface area contributed by atoms with Crippen molar-refractivity contribution in [3.63, 3.8) is 0 Å². The molecule has 94 valence electrons. The third-order valence-electron chi connectivity index (χ3n) is 2.22. The maximum atomic E-state index is 5.95. The van der Waals surface area contributed by atoms with Crippen molar-refractivity contribution in [1.82, 2.24) is 0 Å². The van der Waals surface area contributed by atoms with Gasteiger partial charge >= 0.3 is 6.00 Å². The summed E-state index contributed by atoms with van der Waals surface area (Å²) in [6, 6.07) is 6.94. The third-order valence-corrected chi connectivity index (χ3v) is 4.50. The van der Waals surface area contributed by atoms with Crippen LogP contribution in [-0.2, 0) is 15.4 Å². The standard InChI is InChI=1S/C11H13Cl3O2Si/c1-3-15-16-11(2,9-17(12,13)14)10-7-5-4-6-8-10/h3-8H,1,9H2,2H3. The molecule has 1 rings (SSSR count). The van der Waals surface area contributed by atoms with Crippen molar-refractivity contribution in [2.24, 2.45) is 0 Å². The lowest BCUT2D eigenvalue weighted by Gasteiger charge is -2.29. The highest BCUT2D eigenvalue weighted by Crippen LogP contribution is 2.39. The van der Waals surface area contributed by atoms with Gasteiger partial charge in [0.2, 0.25) is 0 Å². The summed E-state index contributed by atoms with van der Waals surface area (Å²) in [7, 11) is 0. The predicted octanol–water partition coefficient (Wildman–Crippen LogP) is 4.65. The zero-order chi connectivity index (χ0) is 12.9. The van der Waals surface area contributed by atoms with Crippen LogP contribution >= 0.6 is 33.2 Å². The smallest absolute Gasteiger partial charge is 0.344 e. The number of benzene rings is 1. The Morgan fingerprint density at radius 1 is 1.29 bits per heavy atom. The Bertz CT molecular complexity index is 367. The lowest BCUT2D eigenvalue weighted by Crippen LogP contribution is -2.32. The molecule has 1 aromatic rings. The second-order valence-electron chi connectivity index (χ2n) is 3.74. The van der Waals surface area contributed by atoms with Crippen LogP contribution in [0.2, 0.25) is 6.04 Å². The summed E-state index contributed by atoms with van der Waals surface area (Å²) in [6.45, 7) is 5.24. The van der Waals surface area contributed by atoms with E-state index < -0.39 is 11.6 Å². The minimum Gasteiger partial charge on any atom is -0.345 e. The van der Waals surface area contributed by atoms with Crippen LogP contribution in [0.5, 0.6) is 0 Å². The molecule has 1 unspecified atom stereocenters. The molecular formula is C11H13Cl3O2Si. The normalized spacial score (nSPS) is 15.1. The van der Waals surface area contributed by atoms with E-state index in [9.17, 15) is 0 Å². The lowest BCUT2D eigenvalue weighted by atomic mass is 9.98. The summed E-state index contributed by atoms with van der Waals surface area (Å²) in [5.74, 6) is 0. The third kappa shape index (κ3) is 4.90. The van der Waals surface area contributed by atoms with Crippen molar-refractivity contribution >= 4 is 39.2 Å². The monoisotopic (exact) mass is 310 g/mol. The molecular weight excluding hydrogens is 299 g/mol. The van der Waals surface area contributed by atoms with Gasteiger partial charge in [0.05, 0.1) is 0 Å². The zero-order valence-corrected chi connectivity index (χ0v) is 12.6. The van der Waals surface area contributed by atoms with Gasteiger partial charge in [-0.2, -0.15) is 4.89 Å². The van der Waals surface area contributed by atoms with Gasteiger partial charge in [-0.3, -0.25) is 0 Å². The molecule has 2 nitrogen and oxygen atoms in total. The predicted molar refractivity (Wildman–Crippen MR) is 74.3 cm³/mol. The summed E-state index contributed by atoms with van der Waals surface area (Å²) >= 11 is 17.9. The number of rotatable bonds is 6. The maximum absolute atomic E-state index is 5.95. The van der Waals surface area contributed by atoms with E-state index >= 15 is 0 Å². The Morgan fingerprint density at radius 3 is 2.35 bits per heavy atom. The molecule has 0 radical (unpaired) electrons. The van der Waals surface area contributed by atoms with Gasteiger partial charge in [0.25, 0.3) is 0 Å². The van der Waals surface area contributed by atoms with Gasteiger partial charge < -0.3 is 4.89 Å². The summed E-state index contributed by atoms with van der Waals surface area (Å²) in [4.78, 5) is 10.1. The Morgan fingerprint density at radius 2 is 1.88 bits per heavy atom. The highest BCUT2D eigenvalue weighted by molar-refractivity contribution is 7.64. The summed E-state index contributed by atoms with van der Waals surface area (Å²) in [6.07, 6.45) is 1.20. The number of halogens is 3. The first-order valence-electron chi connectivity index (χ1n) is 4.95. The molecule has 0 saturated carbocycles. The van der Waals surface area contributed by atoms with Gasteiger partial charge in [-0.15, -0.1) is 33.2 Å². The van der Waals surface area contributed by atoms with E-state index in [1.54, 1.807) is 0 Å². The fourth-order valence-corrected chi connectivity index (χ4v) is 4.82. The van der Waals surface area contributed by atoms with Crippen molar-refractivity contribution in [3.05, 3.63) is 48.7 Å². The molecule has 0 fully saturated rings. The van der Waals surface area contributed by atoms with Gasteiger partial charge in [0.1, 0.15) is 11.9 Å². The van der Waals surface area contributed by atoms with E-state index in [2.05, 4.69) is 6.58 Å². The average Bonchev–Trinajstić information content (AvgIpc) is 2.25. The summed E-state index contributed by atoms with van der Waals surface area (Å²) in [5.41, 5.74) is 0.0908. The molecule has 0 spiro atoms. The van der Waals surface area contributed by atoms with Crippen LogP contribution < -0.4 is 0 Å². The Labute approximate surface area is 116 Å². The Balaban J connectivity index is 2.97. The van der Waals surface area contributed by atoms with Crippen molar-refractivity contribution < 1.29 is 9.78 Å². The van der Waals surface area contributed by atoms with Crippen molar-refractivity contribution in [3.8, 4) is 0 Å². The molecule has 0 aliphatic heterocycles. The van der Waals surface area contributed by atoms with E-state index in [4.69, 9.17) is 43.0 Å². The quantitative estimate of drug-likeness (QED) is 0.250. The van der Waals surface area contributed by atoms with Crippen LogP contribution in [0.15, 0.2) is 43.2 Å². The molecule has 0 aliphatic carbocycles. The number of hydrogen-bond acceptors (Lipinski definition) is 2. The summed E-state index contributed by atoms with van der Waals surface area (Å²) in [5, 5.41) is 0. The van der Waals surface area contributed by atoms with Gasteiger partial charge in [-0.05, 0) is 12.5 Å². The fraction of sp³-hybridized carbons (Fsp3) is 0.273. The van der Waals surface area contributed by atoms with E-state index in [1.165, 1.54) is 6.26 Å². The van der Waals surface area contributed by atoms with Gasteiger partial charge in [-0.1, -0.05) is 36.9 Å². The first-order chi connectivity index (χ1) is 7.87. The topological polar surface area (TPSA) is 18.5 Å². The molecule has 1 atom stereocenters. The second-order valence-corrected chi connectivity index (χ2v) is 12.9. The highest BCUT2D eigenvalue weighted by Gasteiger charge is 2.41. The minimum atomic E-state index is -2.85. The van der Waals surface area contributed by atoms with Crippen LogP contribution in [0.1, 0.15) is 12.5 Å². The zero-order valence-electron chi connectivity index (χ0n) is 9.33. The van der Waals surface area contributed by atoms with Crippen LogP contribution in [0, 0.1) is 0 Å². The SMILES string of the molecule is C=COOC(C)(C[Si](Cl)(Cl)Cl)c1ccccc1. The number of hydrogen-bond donors (Lipinski definition) is 0. The minimum absolute atomic E-state index is 0.294.